The number of rotatable bonds is 5. The average molecular weight is 364 g/mol. The van der Waals surface area contributed by atoms with Crippen molar-refractivity contribution in [2.24, 2.45) is 12.2 Å². The van der Waals surface area contributed by atoms with Crippen molar-refractivity contribution in [3.63, 3.8) is 0 Å². The van der Waals surface area contributed by atoms with E-state index in [4.69, 9.17) is 5.14 Å². The molecule has 0 spiro atoms. The zero-order valence-electron chi connectivity index (χ0n) is 13.9. The van der Waals surface area contributed by atoms with Gasteiger partial charge in [0.1, 0.15) is 6.04 Å². The minimum atomic E-state index is -3.83. The second kappa shape index (κ2) is 6.47. The number of amides is 1. The zero-order valence-corrected chi connectivity index (χ0v) is 14.7. The Balaban J connectivity index is 1.83. The summed E-state index contributed by atoms with van der Waals surface area (Å²) < 4.78 is 26.1. The average Bonchev–Trinajstić information content (AvgIpc) is 3.13. The van der Waals surface area contributed by atoms with E-state index in [0.29, 0.717) is 24.3 Å². The van der Waals surface area contributed by atoms with E-state index in [1.807, 2.05) is 0 Å². The van der Waals surface area contributed by atoms with Gasteiger partial charge in [-0.15, -0.1) is 0 Å². The van der Waals surface area contributed by atoms with Gasteiger partial charge in [0.25, 0.3) is 10.2 Å². The predicted molar refractivity (Wildman–Crippen MR) is 94.2 cm³/mol. The molecule has 2 heterocycles. The molecule has 2 aromatic rings. The first-order valence-electron chi connectivity index (χ1n) is 7.69. The molecule has 1 aliphatic heterocycles. The van der Waals surface area contributed by atoms with Crippen molar-refractivity contribution in [3.8, 4) is 0 Å². The van der Waals surface area contributed by atoms with Gasteiger partial charge in [0.05, 0.1) is 11.9 Å². The lowest BCUT2D eigenvalue weighted by atomic mass is 10.1. The molecule has 0 bridgehead atoms. The van der Waals surface area contributed by atoms with E-state index in [1.54, 1.807) is 49.4 Å². The maximum absolute atomic E-state index is 12.6. The van der Waals surface area contributed by atoms with Gasteiger partial charge in [-0.1, -0.05) is 6.07 Å². The number of benzene rings is 1. The highest BCUT2D eigenvalue weighted by Crippen LogP contribution is 2.32. The van der Waals surface area contributed by atoms with Crippen LogP contribution in [-0.4, -0.2) is 37.7 Å². The third-order valence-electron chi connectivity index (χ3n) is 4.12. The number of hydrogen-bond donors (Lipinski definition) is 3. The van der Waals surface area contributed by atoms with Gasteiger partial charge in [0.2, 0.25) is 5.91 Å². The SMILES string of the molecule is CNC(C(=O)Nc1ccc2c(c1)N(S(N)(=O)=O)CC2)c1cnn(C)c1. The van der Waals surface area contributed by atoms with Crippen LogP contribution in [0.1, 0.15) is 17.2 Å². The Morgan fingerprint density at radius 3 is 2.76 bits per heavy atom. The minimum absolute atomic E-state index is 0.268. The van der Waals surface area contributed by atoms with E-state index < -0.39 is 16.3 Å². The van der Waals surface area contributed by atoms with E-state index in [2.05, 4.69) is 15.7 Å². The maximum Gasteiger partial charge on any atom is 0.299 e. The van der Waals surface area contributed by atoms with Gasteiger partial charge in [0.15, 0.2) is 0 Å². The smallest absolute Gasteiger partial charge is 0.299 e. The first kappa shape index (κ1) is 17.4. The van der Waals surface area contributed by atoms with Crippen LogP contribution in [0, 0.1) is 0 Å². The molecular formula is C15H20N6O3S. The molecular weight excluding hydrogens is 344 g/mol. The van der Waals surface area contributed by atoms with Gasteiger partial charge in [0, 0.05) is 31.0 Å². The van der Waals surface area contributed by atoms with Crippen molar-refractivity contribution >= 4 is 27.5 Å². The lowest BCUT2D eigenvalue weighted by Crippen LogP contribution is -2.35. The maximum atomic E-state index is 12.6. The molecule has 25 heavy (non-hydrogen) atoms. The van der Waals surface area contributed by atoms with Crippen LogP contribution in [0.15, 0.2) is 30.6 Å². The summed E-state index contributed by atoms with van der Waals surface area (Å²) in [5.41, 5.74) is 2.62. The molecule has 9 nitrogen and oxygen atoms in total. The van der Waals surface area contributed by atoms with Crippen LogP contribution in [-0.2, 0) is 28.5 Å². The molecule has 1 aromatic carbocycles. The number of carbonyl (C=O) groups excluding carboxylic acids is 1. The van der Waals surface area contributed by atoms with Gasteiger partial charge in [-0.25, -0.2) is 5.14 Å². The van der Waals surface area contributed by atoms with E-state index in [0.717, 1.165) is 15.4 Å². The molecule has 1 aromatic heterocycles. The first-order chi connectivity index (χ1) is 11.8. The molecule has 134 valence electrons. The van der Waals surface area contributed by atoms with Gasteiger partial charge in [-0.3, -0.25) is 13.8 Å². The number of hydrogen-bond acceptors (Lipinski definition) is 5. The normalized spacial score (nSPS) is 15.1. The highest BCUT2D eigenvalue weighted by Gasteiger charge is 2.27. The van der Waals surface area contributed by atoms with Crippen LogP contribution >= 0.6 is 0 Å². The zero-order chi connectivity index (χ0) is 18.2. The van der Waals surface area contributed by atoms with Crippen molar-refractivity contribution in [2.45, 2.75) is 12.5 Å². The summed E-state index contributed by atoms with van der Waals surface area (Å²) in [6.45, 7) is 0.306. The molecule has 0 radical (unpaired) electrons. The number of anilines is 2. The van der Waals surface area contributed by atoms with E-state index >= 15 is 0 Å². The van der Waals surface area contributed by atoms with Crippen molar-refractivity contribution in [2.75, 3.05) is 23.2 Å². The highest BCUT2D eigenvalue weighted by atomic mass is 32.2. The largest absolute Gasteiger partial charge is 0.324 e. The quantitative estimate of drug-likeness (QED) is 0.683. The summed E-state index contributed by atoms with van der Waals surface area (Å²) in [4.78, 5) is 12.6. The van der Waals surface area contributed by atoms with Crippen LogP contribution in [0.5, 0.6) is 0 Å². The van der Waals surface area contributed by atoms with Gasteiger partial charge in [-0.2, -0.15) is 13.5 Å². The minimum Gasteiger partial charge on any atom is -0.324 e. The van der Waals surface area contributed by atoms with Crippen molar-refractivity contribution in [1.82, 2.24) is 15.1 Å². The van der Waals surface area contributed by atoms with Crippen LogP contribution in [0.3, 0.4) is 0 Å². The lowest BCUT2D eigenvalue weighted by Gasteiger charge is -2.18. The van der Waals surface area contributed by atoms with Gasteiger partial charge < -0.3 is 10.6 Å². The molecule has 0 saturated carbocycles. The molecule has 1 unspecified atom stereocenters. The number of fused-ring (bicyclic) bond motifs is 1. The topological polar surface area (TPSA) is 122 Å². The Labute approximate surface area is 146 Å². The number of carbonyl (C=O) groups is 1. The fourth-order valence-corrected chi connectivity index (χ4v) is 3.73. The molecule has 10 heteroatoms. The molecule has 1 aliphatic rings. The first-order valence-corrected chi connectivity index (χ1v) is 9.20. The summed E-state index contributed by atoms with van der Waals surface area (Å²) in [6.07, 6.45) is 3.97. The number of nitrogens with zero attached hydrogens (tertiary/aromatic N) is 3. The molecule has 1 amide bonds. The monoisotopic (exact) mass is 364 g/mol. The van der Waals surface area contributed by atoms with Crippen molar-refractivity contribution in [1.29, 1.82) is 0 Å². The highest BCUT2D eigenvalue weighted by molar-refractivity contribution is 7.90. The Hall–Kier alpha value is -2.43. The van der Waals surface area contributed by atoms with E-state index in [-0.39, 0.29) is 5.91 Å². The summed E-state index contributed by atoms with van der Waals surface area (Å²) >= 11 is 0. The van der Waals surface area contributed by atoms with Gasteiger partial charge >= 0.3 is 0 Å². The molecule has 0 saturated heterocycles. The standard InChI is InChI=1S/C15H20N6O3S/c1-17-14(11-8-18-20(2)9-11)15(22)19-12-4-3-10-5-6-21(13(10)7-12)25(16,23)24/h3-4,7-9,14,17H,5-6H2,1-2H3,(H,19,22)(H2,16,23,24). The van der Waals surface area contributed by atoms with Crippen LogP contribution in [0.2, 0.25) is 0 Å². The molecule has 4 N–H and O–H groups in total. The van der Waals surface area contributed by atoms with Crippen LogP contribution in [0.25, 0.3) is 0 Å². The van der Waals surface area contributed by atoms with Crippen molar-refractivity contribution < 1.29 is 13.2 Å². The number of aromatic nitrogens is 2. The summed E-state index contributed by atoms with van der Waals surface area (Å²) in [7, 11) is -0.368. The number of nitrogens with two attached hydrogens (primary N) is 1. The summed E-state index contributed by atoms with van der Waals surface area (Å²) in [5.74, 6) is -0.268. The second-order valence-electron chi connectivity index (χ2n) is 5.87. The van der Waals surface area contributed by atoms with Crippen LogP contribution < -0.4 is 20.1 Å². The number of likely N-dealkylation sites (N-methyl/N-ethyl adjacent to an activating group) is 1. The second-order valence-corrected chi connectivity index (χ2v) is 7.34. The fraction of sp³-hybridized carbons (Fsp3) is 0.333. The Morgan fingerprint density at radius 2 is 2.16 bits per heavy atom. The third kappa shape index (κ3) is 3.50. The number of aryl methyl sites for hydroxylation is 1. The van der Waals surface area contributed by atoms with Gasteiger partial charge in [-0.05, 0) is 31.2 Å². The predicted octanol–water partition coefficient (Wildman–Crippen LogP) is -0.115. The van der Waals surface area contributed by atoms with Crippen LogP contribution in [0.4, 0.5) is 11.4 Å². The molecule has 3 rings (SSSR count). The Morgan fingerprint density at radius 1 is 1.40 bits per heavy atom. The lowest BCUT2D eigenvalue weighted by molar-refractivity contribution is -0.118. The Bertz CT molecular complexity index is 908. The third-order valence-corrected chi connectivity index (χ3v) is 5.12. The van der Waals surface area contributed by atoms with E-state index in [1.165, 1.54) is 0 Å². The fourth-order valence-electron chi connectivity index (χ4n) is 2.94. The summed E-state index contributed by atoms with van der Waals surface area (Å²) in [5, 5.41) is 15.1. The molecule has 0 aliphatic carbocycles. The van der Waals surface area contributed by atoms with E-state index in [9.17, 15) is 13.2 Å². The number of nitrogens with one attached hydrogen (secondary N) is 2. The molecule has 0 fully saturated rings. The van der Waals surface area contributed by atoms with Crippen molar-refractivity contribution in [3.05, 3.63) is 41.7 Å². The summed E-state index contributed by atoms with van der Waals surface area (Å²) in [6, 6.07) is 4.60. The Kier molecular flexibility index (Phi) is 4.50. The molecule has 1 atom stereocenters.